The van der Waals surface area contributed by atoms with Gasteiger partial charge in [0, 0.05) is 31.4 Å². The highest BCUT2D eigenvalue weighted by Crippen LogP contribution is 2.43. The third-order valence-corrected chi connectivity index (χ3v) is 5.05. The van der Waals surface area contributed by atoms with Crippen molar-refractivity contribution in [1.82, 2.24) is 9.55 Å². The van der Waals surface area contributed by atoms with E-state index in [0.717, 1.165) is 22.3 Å². The monoisotopic (exact) mass is 329 g/mol. The van der Waals surface area contributed by atoms with E-state index in [0.29, 0.717) is 30.3 Å². The number of carbonyl (C=O) groups is 1. The molecular weight excluding hydrogens is 306 g/mol. The average molecular weight is 329 g/mol. The number of hydrogen-bond donors (Lipinski definition) is 2. The van der Waals surface area contributed by atoms with Crippen LogP contribution in [0.15, 0.2) is 12.4 Å². The van der Waals surface area contributed by atoms with Gasteiger partial charge in [0.1, 0.15) is 11.5 Å². The molecule has 24 heavy (non-hydrogen) atoms. The molecule has 6 nitrogen and oxygen atoms in total. The summed E-state index contributed by atoms with van der Waals surface area (Å²) in [5.41, 5.74) is 2.51. The van der Waals surface area contributed by atoms with Gasteiger partial charge in [-0.3, -0.25) is 10.1 Å². The van der Waals surface area contributed by atoms with Gasteiger partial charge in [0.15, 0.2) is 5.60 Å². The van der Waals surface area contributed by atoms with Gasteiger partial charge in [0.05, 0.1) is 0 Å². The zero-order chi connectivity index (χ0) is 17.6. The van der Waals surface area contributed by atoms with Gasteiger partial charge in [-0.2, -0.15) is 0 Å². The lowest BCUT2D eigenvalue weighted by atomic mass is 9.86. The molecular formula is C18H23N3O3. The Morgan fingerprint density at radius 1 is 1.33 bits per heavy atom. The van der Waals surface area contributed by atoms with Crippen molar-refractivity contribution in [3.63, 3.8) is 0 Å². The first-order valence-corrected chi connectivity index (χ1v) is 8.04. The zero-order valence-electron chi connectivity index (χ0n) is 14.7. The summed E-state index contributed by atoms with van der Waals surface area (Å²) in [5, 5.41) is 13.1. The summed E-state index contributed by atoms with van der Waals surface area (Å²) < 4.78 is 7.90. The fourth-order valence-electron chi connectivity index (χ4n) is 3.13. The number of hydrogen-bond acceptors (Lipinski definition) is 4. The van der Waals surface area contributed by atoms with Crippen molar-refractivity contribution in [3.8, 4) is 11.5 Å². The van der Waals surface area contributed by atoms with E-state index in [1.807, 2.05) is 27.8 Å². The summed E-state index contributed by atoms with van der Waals surface area (Å²) in [6.07, 6.45) is 4.63. The lowest BCUT2D eigenvalue weighted by Gasteiger charge is -2.36. The molecule has 0 saturated heterocycles. The maximum atomic E-state index is 12.8. The van der Waals surface area contributed by atoms with Crippen molar-refractivity contribution in [2.24, 2.45) is 7.05 Å². The minimum absolute atomic E-state index is 0.217. The molecule has 0 aliphatic carbocycles. The van der Waals surface area contributed by atoms with Crippen molar-refractivity contribution in [2.45, 2.75) is 46.1 Å². The maximum Gasteiger partial charge on any atom is 0.270 e. The number of nitrogens with zero attached hydrogens (tertiary/aromatic N) is 2. The maximum absolute atomic E-state index is 12.8. The molecule has 1 amide bonds. The van der Waals surface area contributed by atoms with E-state index in [1.165, 1.54) is 0 Å². The molecule has 1 unspecified atom stereocenters. The molecule has 0 saturated carbocycles. The number of phenols is 1. The topological polar surface area (TPSA) is 76.4 Å². The first kappa shape index (κ1) is 16.4. The number of fused-ring (bicyclic) bond motifs is 1. The van der Waals surface area contributed by atoms with E-state index in [4.69, 9.17) is 4.74 Å². The number of nitrogens with one attached hydrogen (secondary N) is 1. The van der Waals surface area contributed by atoms with Crippen molar-refractivity contribution in [2.75, 3.05) is 5.32 Å². The van der Waals surface area contributed by atoms with E-state index in [9.17, 15) is 9.90 Å². The molecule has 1 aromatic carbocycles. The molecule has 2 N–H and O–H groups in total. The summed E-state index contributed by atoms with van der Waals surface area (Å²) >= 11 is 0. The van der Waals surface area contributed by atoms with E-state index < -0.39 is 5.60 Å². The first-order valence-electron chi connectivity index (χ1n) is 8.04. The van der Waals surface area contributed by atoms with Crippen LogP contribution in [0.5, 0.6) is 11.5 Å². The molecule has 6 heteroatoms. The largest absolute Gasteiger partial charge is 0.507 e. The second kappa shape index (κ2) is 5.54. The highest BCUT2D eigenvalue weighted by atomic mass is 16.5. The van der Waals surface area contributed by atoms with Crippen LogP contribution in [0.1, 0.15) is 35.6 Å². The first-order chi connectivity index (χ1) is 11.2. The van der Waals surface area contributed by atoms with Crippen LogP contribution in [-0.4, -0.2) is 26.2 Å². The summed E-state index contributed by atoms with van der Waals surface area (Å²) in [7, 11) is 1.82. The Labute approximate surface area is 141 Å². The molecule has 1 atom stereocenters. The summed E-state index contributed by atoms with van der Waals surface area (Å²) in [4.78, 5) is 16.9. The van der Waals surface area contributed by atoms with Crippen molar-refractivity contribution < 1.29 is 14.6 Å². The quantitative estimate of drug-likeness (QED) is 0.888. The predicted octanol–water partition coefficient (Wildman–Crippen LogP) is 2.77. The number of amides is 1. The van der Waals surface area contributed by atoms with Gasteiger partial charge in [-0.1, -0.05) is 0 Å². The Balaban J connectivity index is 1.94. The molecule has 2 aromatic rings. The van der Waals surface area contributed by atoms with Crippen LogP contribution in [0.25, 0.3) is 0 Å². The van der Waals surface area contributed by atoms with Crippen LogP contribution in [0, 0.1) is 20.8 Å². The molecule has 1 aliphatic heterocycles. The number of aromatic nitrogens is 2. The molecule has 0 bridgehead atoms. The minimum atomic E-state index is -0.973. The minimum Gasteiger partial charge on any atom is -0.507 e. The SMILES string of the molecule is Cc1c(C)c2c(c(C)c1O)CCC(C)(C(=O)Nc1nccn1C)O2. The second-order valence-electron chi connectivity index (χ2n) is 6.68. The lowest BCUT2D eigenvalue weighted by molar-refractivity contribution is -0.131. The lowest BCUT2D eigenvalue weighted by Crippen LogP contribution is -2.48. The fourth-order valence-corrected chi connectivity index (χ4v) is 3.13. The van der Waals surface area contributed by atoms with Gasteiger partial charge in [-0.15, -0.1) is 0 Å². The number of aryl methyl sites for hydroxylation is 1. The van der Waals surface area contributed by atoms with Gasteiger partial charge < -0.3 is 14.4 Å². The molecule has 0 radical (unpaired) electrons. The van der Waals surface area contributed by atoms with Crippen LogP contribution >= 0.6 is 0 Å². The van der Waals surface area contributed by atoms with Crippen molar-refractivity contribution in [3.05, 3.63) is 34.6 Å². The Morgan fingerprint density at radius 2 is 2.04 bits per heavy atom. The summed E-state index contributed by atoms with van der Waals surface area (Å²) in [6, 6.07) is 0. The smallest absolute Gasteiger partial charge is 0.270 e. The van der Waals surface area contributed by atoms with Gasteiger partial charge >= 0.3 is 0 Å². The molecule has 1 aromatic heterocycles. The number of imidazole rings is 1. The van der Waals surface area contributed by atoms with E-state index in [-0.39, 0.29) is 5.91 Å². The van der Waals surface area contributed by atoms with E-state index >= 15 is 0 Å². The molecule has 128 valence electrons. The van der Waals surface area contributed by atoms with Crippen LogP contribution in [0.3, 0.4) is 0 Å². The number of benzene rings is 1. The zero-order valence-corrected chi connectivity index (χ0v) is 14.7. The normalized spacial score (nSPS) is 19.5. The average Bonchev–Trinajstić information content (AvgIpc) is 2.95. The Hall–Kier alpha value is -2.50. The van der Waals surface area contributed by atoms with Crippen molar-refractivity contribution in [1.29, 1.82) is 0 Å². The highest BCUT2D eigenvalue weighted by Gasteiger charge is 2.41. The molecule has 0 fully saturated rings. The molecule has 0 spiro atoms. The Kier molecular flexibility index (Phi) is 3.78. The van der Waals surface area contributed by atoms with Gasteiger partial charge in [0.2, 0.25) is 5.95 Å². The van der Waals surface area contributed by atoms with E-state index in [1.54, 1.807) is 23.9 Å². The summed E-state index contributed by atoms with van der Waals surface area (Å²) in [5.74, 6) is 1.30. The second-order valence-corrected chi connectivity index (χ2v) is 6.68. The van der Waals surface area contributed by atoms with Crippen LogP contribution in [0.2, 0.25) is 0 Å². The third-order valence-electron chi connectivity index (χ3n) is 5.05. The molecule has 2 heterocycles. The Morgan fingerprint density at radius 3 is 2.67 bits per heavy atom. The molecule has 3 rings (SSSR count). The van der Waals surface area contributed by atoms with Crippen LogP contribution in [0.4, 0.5) is 5.95 Å². The fraction of sp³-hybridized carbons (Fsp3) is 0.444. The number of aromatic hydroxyl groups is 1. The predicted molar refractivity (Wildman–Crippen MR) is 91.5 cm³/mol. The Bertz CT molecular complexity index is 825. The third kappa shape index (κ3) is 2.42. The summed E-state index contributed by atoms with van der Waals surface area (Å²) in [6.45, 7) is 7.46. The van der Waals surface area contributed by atoms with Gasteiger partial charge in [-0.25, -0.2) is 4.98 Å². The number of carbonyl (C=O) groups excluding carboxylic acids is 1. The molecule has 1 aliphatic rings. The van der Waals surface area contributed by atoms with Crippen LogP contribution in [-0.2, 0) is 18.3 Å². The van der Waals surface area contributed by atoms with E-state index in [2.05, 4.69) is 10.3 Å². The number of phenolic OH excluding ortho intramolecular Hbond substituents is 1. The number of anilines is 1. The standard InChI is InChI=1S/C18H23N3O3/c1-10-11(2)15-13(12(3)14(10)22)6-7-18(4,24-15)16(23)20-17-19-8-9-21(17)5/h8-9,22H,6-7H2,1-5H3,(H,19,20,23). The van der Waals surface area contributed by atoms with Gasteiger partial charge in [-0.05, 0) is 50.8 Å². The number of rotatable bonds is 2. The highest BCUT2D eigenvalue weighted by molar-refractivity contribution is 5.96. The van der Waals surface area contributed by atoms with Gasteiger partial charge in [0.25, 0.3) is 5.91 Å². The number of ether oxygens (including phenoxy) is 1. The van der Waals surface area contributed by atoms with Crippen LogP contribution < -0.4 is 10.1 Å². The van der Waals surface area contributed by atoms with Crippen molar-refractivity contribution >= 4 is 11.9 Å².